The number of carbonyl (C=O) groups is 2. The van der Waals surface area contributed by atoms with Crippen LogP contribution in [0, 0.1) is 0 Å². The predicted octanol–water partition coefficient (Wildman–Crippen LogP) is 3.43. The minimum absolute atomic E-state index is 0.0505. The van der Waals surface area contributed by atoms with Crippen LogP contribution in [0.4, 0.5) is 5.69 Å². The van der Waals surface area contributed by atoms with Crippen molar-refractivity contribution in [3.8, 4) is 5.75 Å². The van der Waals surface area contributed by atoms with E-state index in [1.54, 1.807) is 30.3 Å². The number of para-hydroxylation sites is 1. The molecule has 23 heavy (non-hydrogen) atoms. The Hall–Kier alpha value is -2.62. The Morgan fingerprint density at radius 2 is 1.70 bits per heavy atom. The highest BCUT2D eigenvalue weighted by Gasteiger charge is 2.20. The molecule has 0 unspecified atom stereocenters. The van der Waals surface area contributed by atoms with Gasteiger partial charge in [0.25, 0.3) is 0 Å². The van der Waals surface area contributed by atoms with E-state index in [4.69, 9.17) is 0 Å². The van der Waals surface area contributed by atoms with Crippen LogP contribution in [0.5, 0.6) is 5.75 Å². The molecule has 1 heterocycles. The van der Waals surface area contributed by atoms with Crippen molar-refractivity contribution < 1.29 is 14.7 Å². The Labute approximate surface area is 135 Å². The second kappa shape index (κ2) is 6.24. The van der Waals surface area contributed by atoms with Crippen LogP contribution in [0.1, 0.15) is 46.0 Å². The van der Waals surface area contributed by atoms with Gasteiger partial charge in [-0.1, -0.05) is 12.1 Å². The quantitative estimate of drug-likeness (QED) is 0.879. The molecule has 1 saturated heterocycles. The van der Waals surface area contributed by atoms with Crippen molar-refractivity contribution >= 4 is 17.3 Å². The minimum Gasteiger partial charge on any atom is -0.507 e. The van der Waals surface area contributed by atoms with Gasteiger partial charge in [-0.3, -0.25) is 9.59 Å². The summed E-state index contributed by atoms with van der Waals surface area (Å²) in [5, 5.41) is 9.85. The minimum atomic E-state index is -0.279. The Kier molecular flexibility index (Phi) is 4.15. The summed E-state index contributed by atoms with van der Waals surface area (Å²) in [4.78, 5) is 26.8. The van der Waals surface area contributed by atoms with Crippen molar-refractivity contribution in [2.24, 2.45) is 0 Å². The summed E-state index contributed by atoms with van der Waals surface area (Å²) in [6.45, 7) is 3.39. The third-order valence-corrected chi connectivity index (χ3v) is 4.23. The van der Waals surface area contributed by atoms with E-state index in [0.29, 0.717) is 11.1 Å². The fourth-order valence-electron chi connectivity index (χ4n) is 3.01. The second-order valence-corrected chi connectivity index (χ2v) is 5.83. The number of benzene rings is 2. The number of hydrogen-bond acceptors (Lipinski definition) is 4. The lowest BCUT2D eigenvalue weighted by Crippen LogP contribution is -2.20. The lowest BCUT2D eigenvalue weighted by molar-refractivity contribution is 0.101. The van der Waals surface area contributed by atoms with Crippen molar-refractivity contribution in [3.05, 3.63) is 59.2 Å². The molecule has 0 aromatic heterocycles. The van der Waals surface area contributed by atoms with Gasteiger partial charge in [0.15, 0.2) is 11.6 Å². The zero-order chi connectivity index (χ0) is 16.4. The Morgan fingerprint density at radius 1 is 1.00 bits per heavy atom. The SMILES string of the molecule is CC(=O)c1cc(C(=O)c2ccccc2O)ccc1N1CCCC1. The van der Waals surface area contributed by atoms with E-state index in [0.717, 1.165) is 31.6 Å². The number of carbonyl (C=O) groups excluding carboxylic acids is 2. The van der Waals surface area contributed by atoms with Crippen LogP contribution in [-0.4, -0.2) is 29.8 Å². The highest BCUT2D eigenvalue weighted by Crippen LogP contribution is 2.28. The number of hydrogen-bond donors (Lipinski definition) is 1. The van der Waals surface area contributed by atoms with Gasteiger partial charge in [0.05, 0.1) is 5.56 Å². The Morgan fingerprint density at radius 3 is 2.35 bits per heavy atom. The molecule has 1 aliphatic rings. The monoisotopic (exact) mass is 309 g/mol. The van der Waals surface area contributed by atoms with Crippen molar-refractivity contribution in [2.45, 2.75) is 19.8 Å². The highest BCUT2D eigenvalue weighted by atomic mass is 16.3. The Balaban J connectivity index is 2.01. The zero-order valence-corrected chi connectivity index (χ0v) is 13.1. The summed E-state index contributed by atoms with van der Waals surface area (Å²) in [5.74, 6) is -0.386. The van der Waals surface area contributed by atoms with Crippen LogP contribution >= 0.6 is 0 Å². The van der Waals surface area contributed by atoms with Gasteiger partial charge < -0.3 is 10.0 Å². The van der Waals surface area contributed by atoms with E-state index in [-0.39, 0.29) is 22.9 Å². The molecule has 118 valence electrons. The first-order chi connectivity index (χ1) is 11.1. The zero-order valence-electron chi connectivity index (χ0n) is 13.1. The molecule has 0 saturated carbocycles. The molecule has 3 rings (SSSR count). The Bertz CT molecular complexity index is 761. The fraction of sp³-hybridized carbons (Fsp3) is 0.263. The van der Waals surface area contributed by atoms with Crippen molar-refractivity contribution in [1.82, 2.24) is 0 Å². The summed E-state index contributed by atoms with van der Waals surface area (Å²) >= 11 is 0. The van der Waals surface area contributed by atoms with E-state index in [1.165, 1.54) is 13.0 Å². The van der Waals surface area contributed by atoms with Crippen LogP contribution in [0.3, 0.4) is 0 Å². The topological polar surface area (TPSA) is 57.6 Å². The summed E-state index contributed by atoms with van der Waals surface area (Å²) in [5.41, 5.74) is 2.12. The first-order valence-corrected chi connectivity index (χ1v) is 7.80. The maximum atomic E-state index is 12.6. The third-order valence-electron chi connectivity index (χ3n) is 4.23. The molecule has 1 N–H and O–H groups in total. The number of phenols is 1. The summed E-state index contributed by atoms with van der Waals surface area (Å²) in [6.07, 6.45) is 2.24. The first-order valence-electron chi connectivity index (χ1n) is 7.80. The van der Waals surface area contributed by atoms with Crippen molar-refractivity contribution in [2.75, 3.05) is 18.0 Å². The standard InChI is InChI=1S/C19H19NO3/c1-13(21)16-12-14(8-9-17(16)20-10-4-5-11-20)19(23)15-6-2-3-7-18(15)22/h2-3,6-9,12,22H,4-5,10-11H2,1H3. The van der Waals surface area contributed by atoms with Crippen LogP contribution < -0.4 is 4.90 Å². The summed E-state index contributed by atoms with van der Waals surface area (Å²) < 4.78 is 0. The van der Waals surface area contributed by atoms with Crippen molar-refractivity contribution in [1.29, 1.82) is 0 Å². The average Bonchev–Trinajstić information content (AvgIpc) is 3.08. The number of nitrogens with zero attached hydrogens (tertiary/aromatic N) is 1. The predicted molar refractivity (Wildman–Crippen MR) is 89.4 cm³/mol. The molecule has 4 heteroatoms. The molecule has 0 atom stereocenters. The summed E-state index contributed by atoms with van der Waals surface area (Å²) in [7, 11) is 0. The number of Topliss-reactive ketones (excluding diaryl/α,β-unsaturated/α-hetero) is 1. The van der Waals surface area contributed by atoms with Crippen LogP contribution in [0.25, 0.3) is 0 Å². The van der Waals surface area contributed by atoms with Crippen LogP contribution in [-0.2, 0) is 0 Å². The molecule has 0 bridgehead atoms. The van der Waals surface area contributed by atoms with Gasteiger partial charge in [0, 0.05) is 29.9 Å². The number of ketones is 2. The van der Waals surface area contributed by atoms with Gasteiger partial charge in [-0.15, -0.1) is 0 Å². The van der Waals surface area contributed by atoms with Gasteiger partial charge in [-0.25, -0.2) is 0 Å². The molecule has 0 spiro atoms. The molecule has 4 nitrogen and oxygen atoms in total. The van der Waals surface area contributed by atoms with E-state index >= 15 is 0 Å². The van der Waals surface area contributed by atoms with Gasteiger partial charge in [0.2, 0.25) is 0 Å². The molecule has 1 aliphatic heterocycles. The molecule has 1 fully saturated rings. The van der Waals surface area contributed by atoms with Crippen molar-refractivity contribution in [3.63, 3.8) is 0 Å². The average molecular weight is 309 g/mol. The third kappa shape index (κ3) is 2.97. The number of rotatable bonds is 4. The smallest absolute Gasteiger partial charge is 0.196 e. The molecule has 0 radical (unpaired) electrons. The van der Waals surface area contributed by atoms with Crippen LogP contribution in [0.15, 0.2) is 42.5 Å². The maximum Gasteiger partial charge on any atom is 0.196 e. The van der Waals surface area contributed by atoms with Gasteiger partial charge in [-0.2, -0.15) is 0 Å². The summed E-state index contributed by atoms with van der Waals surface area (Å²) in [6, 6.07) is 11.7. The largest absolute Gasteiger partial charge is 0.507 e. The molecular weight excluding hydrogens is 290 g/mol. The first kappa shape index (κ1) is 15.3. The van der Waals surface area contributed by atoms with E-state index < -0.39 is 0 Å². The van der Waals surface area contributed by atoms with Gasteiger partial charge >= 0.3 is 0 Å². The lowest BCUT2D eigenvalue weighted by Gasteiger charge is -2.21. The lowest BCUT2D eigenvalue weighted by atomic mass is 9.98. The molecule has 2 aromatic rings. The van der Waals surface area contributed by atoms with Gasteiger partial charge in [-0.05, 0) is 50.1 Å². The van der Waals surface area contributed by atoms with E-state index in [9.17, 15) is 14.7 Å². The fourth-order valence-corrected chi connectivity index (χ4v) is 3.01. The highest BCUT2D eigenvalue weighted by molar-refractivity contribution is 6.12. The molecule has 0 aliphatic carbocycles. The van der Waals surface area contributed by atoms with E-state index in [1.807, 2.05) is 6.07 Å². The molecular formula is C19H19NO3. The number of anilines is 1. The molecule has 0 amide bonds. The second-order valence-electron chi connectivity index (χ2n) is 5.83. The normalized spacial score (nSPS) is 14.0. The van der Waals surface area contributed by atoms with Gasteiger partial charge in [0.1, 0.15) is 5.75 Å². The number of phenolic OH excluding ortho intramolecular Hbond substituents is 1. The number of aromatic hydroxyl groups is 1. The maximum absolute atomic E-state index is 12.6. The van der Waals surface area contributed by atoms with E-state index in [2.05, 4.69) is 4.90 Å². The molecule has 2 aromatic carbocycles. The van der Waals surface area contributed by atoms with Crippen LogP contribution in [0.2, 0.25) is 0 Å².